The third-order valence-electron chi connectivity index (χ3n) is 2.93. The van der Waals surface area contributed by atoms with Gasteiger partial charge in [0.25, 0.3) is 0 Å². The topological polar surface area (TPSA) is 85.1 Å². The number of unbranched alkanes of at least 4 members (excludes halogenated alkanes) is 1. The van der Waals surface area contributed by atoms with Gasteiger partial charge in [-0.05, 0) is 6.42 Å². The maximum Gasteiger partial charge on any atom is 0.228 e. The van der Waals surface area contributed by atoms with E-state index in [0.29, 0.717) is 24.6 Å². The Kier molecular flexibility index (Phi) is 5.46. The number of sulfonamides is 1. The summed E-state index contributed by atoms with van der Waals surface area (Å²) in [5.41, 5.74) is 0.871. The Morgan fingerprint density at radius 1 is 1.24 bits per heavy atom. The lowest BCUT2D eigenvalue weighted by Crippen LogP contribution is -2.28. The first kappa shape index (κ1) is 15.7. The van der Waals surface area contributed by atoms with E-state index in [1.54, 1.807) is 0 Å². The summed E-state index contributed by atoms with van der Waals surface area (Å²) in [6, 6.07) is 9.49. The Labute approximate surface area is 124 Å². The molecule has 21 heavy (non-hydrogen) atoms. The highest BCUT2D eigenvalue weighted by molar-refractivity contribution is 7.89. The summed E-state index contributed by atoms with van der Waals surface area (Å²) < 4.78 is 30.9. The average Bonchev–Trinajstić information content (AvgIpc) is 2.95. The van der Waals surface area contributed by atoms with Gasteiger partial charge in [0.15, 0.2) is 0 Å². The van der Waals surface area contributed by atoms with E-state index in [2.05, 4.69) is 14.9 Å². The number of aromatic nitrogens is 2. The van der Waals surface area contributed by atoms with Crippen LogP contribution in [0.4, 0.5) is 0 Å². The molecule has 1 N–H and O–H groups in total. The van der Waals surface area contributed by atoms with Crippen LogP contribution in [0, 0.1) is 0 Å². The molecule has 0 unspecified atom stereocenters. The standard InChI is InChI=1S/C14H19N3O3S/c1-2-3-11-21(18,19)15-10-9-13-16-14(17-20-13)12-7-5-4-6-8-12/h4-8,15H,2-3,9-11H2,1H3. The molecule has 6 nitrogen and oxygen atoms in total. The van der Waals surface area contributed by atoms with E-state index in [-0.39, 0.29) is 12.3 Å². The number of hydrogen-bond acceptors (Lipinski definition) is 5. The van der Waals surface area contributed by atoms with Crippen molar-refractivity contribution >= 4 is 10.0 Å². The van der Waals surface area contributed by atoms with Crippen molar-refractivity contribution in [3.63, 3.8) is 0 Å². The molecular formula is C14H19N3O3S. The summed E-state index contributed by atoms with van der Waals surface area (Å²) in [6.07, 6.45) is 1.89. The van der Waals surface area contributed by atoms with Crippen LogP contribution in [-0.2, 0) is 16.4 Å². The Bertz CT molecular complexity index is 653. The Morgan fingerprint density at radius 3 is 2.71 bits per heavy atom. The molecule has 0 spiro atoms. The fourth-order valence-corrected chi connectivity index (χ4v) is 3.01. The monoisotopic (exact) mass is 309 g/mol. The van der Waals surface area contributed by atoms with Gasteiger partial charge in [-0.25, -0.2) is 13.1 Å². The molecule has 2 aromatic rings. The molecule has 0 bridgehead atoms. The van der Waals surface area contributed by atoms with Gasteiger partial charge in [0.05, 0.1) is 5.75 Å². The molecule has 0 aliphatic rings. The fourth-order valence-electron chi connectivity index (χ4n) is 1.78. The van der Waals surface area contributed by atoms with Crippen LogP contribution in [-0.4, -0.2) is 30.9 Å². The highest BCUT2D eigenvalue weighted by Gasteiger charge is 2.11. The number of nitrogens with one attached hydrogen (secondary N) is 1. The van der Waals surface area contributed by atoms with Crippen LogP contribution in [0.3, 0.4) is 0 Å². The smallest absolute Gasteiger partial charge is 0.228 e. The van der Waals surface area contributed by atoms with Crippen LogP contribution in [0.1, 0.15) is 25.7 Å². The van der Waals surface area contributed by atoms with Gasteiger partial charge in [-0.1, -0.05) is 48.8 Å². The first-order valence-electron chi connectivity index (χ1n) is 6.96. The van der Waals surface area contributed by atoms with Gasteiger partial charge < -0.3 is 4.52 Å². The molecule has 7 heteroatoms. The molecule has 0 radical (unpaired) electrons. The first-order chi connectivity index (χ1) is 10.1. The Hall–Kier alpha value is -1.73. The van der Waals surface area contributed by atoms with E-state index in [4.69, 9.17) is 4.52 Å². The van der Waals surface area contributed by atoms with Gasteiger partial charge in [-0.15, -0.1) is 0 Å². The molecular weight excluding hydrogens is 290 g/mol. The molecule has 0 aliphatic carbocycles. The van der Waals surface area contributed by atoms with Crippen molar-refractivity contribution < 1.29 is 12.9 Å². The van der Waals surface area contributed by atoms with Crippen LogP contribution in [0.25, 0.3) is 11.4 Å². The zero-order chi connectivity index (χ0) is 15.1. The van der Waals surface area contributed by atoms with Gasteiger partial charge >= 0.3 is 0 Å². The van der Waals surface area contributed by atoms with Crippen molar-refractivity contribution in [2.45, 2.75) is 26.2 Å². The Balaban J connectivity index is 1.86. The quantitative estimate of drug-likeness (QED) is 0.806. The molecule has 0 atom stereocenters. The van der Waals surface area contributed by atoms with Crippen molar-refractivity contribution in [1.82, 2.24) is 14.9 Å². The van der Waals surface area contributed by atoms with E-state index < -0.39 is 10.0 Å². The molecule has 114 valence electrons. The predicted molar refractivity (Wildman–Crippen MR) is 80.1 cm³/mol. The predicted octanol–water partition coefficient (Wildman–Crippen LogP) is 2.00. The lowest BCUT2D eigenvalue weighted by atomic mass is 10.2. The third kappa shape index (κ3) is 4.95. The van der Waals surface area contributed by atoms with Crippen LogP contribution < -0.4 is 4.72 Å². The molecule has 1 heterocycles. The summed E-state index contributed by atoms with van der Waals surface area (Å²) in [5.74, 6) is 1.09. The zero-order valence-corrected chi connectivity index (χ0v) is 12.8. The molecule has 0 amide bonds. The fraction of sp³-hybridized carbons (Fsp3) is 0.429. The average molecular weight is 309 g/mol. The number of benzene rings is 1. The molecule has 1 aromatic heterocycles. The third-order valence-corrected chi connectivity index (χ3v) is 4.40. The van der Waals surface area contributed by atoms with Crippen molar-refractivity contribution in [3.8, 4) is 11.4 Å². The second-order valence-corrected chi connectivity index (χ2v) is 6.62. The van der Waals surface area contributed by atoms with Gasteiger partial charge in [-0.3, -0.25) is 0 Å². The lowest BCUT2D eigenvalue weighted by Gasteiger charge is -2.03. The minimum Gasteiger partial charge on any atom is -0.339 e. The maximum atomic E-state index is 11.6. The largest absolute Gasteiger partial charge is 0.339 e. The van der Waals surface area contributed by atoms with Gasteiger partial charge in [0.2, 0.25) is 21.7 Å². The summed E-state index contributed by atoms with van der Waals surface area (Å²) in [4.78, 5) is 4.25. The second kappa shape index (κ2) is 7.33. The number of hydrogen-bond donors (Lipinski definition) is 1. The summed E-state index contributed by atoms with van der Waals surface area (Å²) in [7, 11) is -3.20. The zero-order valence-electron chi connectivity index (χ0n) is 11.9. The molecule has 0 saturated carbocycles. The van der Waals surface area contributed by atoms with Crippen molar-refractivity contribution in [1.29, 1.82) is 0 Å². The Morgan fingerprint density at radius 2 is 2.00 bits per heavy atom. The molecule has 0 aliphatic heterocycles. The van der Waals surface area contributed by atoms with Crippen molar-refractivity contribution in [3.05, 3.63) is 36.2 Å². The maximum absolute atomic E-state index is 11.6. The highest BCUT2D eigenvalue weighted by Crippen LogP contribution is 2.14. The van der Waals surface area contributed by atoms with E-state index in [1.807, 2.05) is 37.3 Å². The van der Waals surface area contributed by atoms with Crippen molar-refractivity contribution in [2.24, 2.45) is 0 Å². The van der Waals surface area contributed by atoms with Crippen LogP contribution in [0.2, 0.25) is 0 Å². The first-order valence-corrected chi connectivity index (χ1v) is 8.61. The summed E-state index contributed by atoms with van der Waals surface area (Å²) in [6.45, 7) is 2.22. The normalized spacial score (nSPS) is 11.7. The SMILES string of the molecule is CCCCS(=O)(=O)NCCc1nc(-c2ccccc2)no1. The minimum atomic E-state index is -3.20. The molecule has 0 saturated heterocycles. The van der Waals surface area contributed by atoms with Gasteiger partial charge in [0.1, 0.15) is 0 Å². The van der Waals surface area contributed by atoms with E-state index in [1.165, 1.54) is 0 Å². The summed E-state index contributed by atoms with van der Waals surface area (Å²) in [5, 5.41) is 3.89. The van der Waals surface area contributed by atoms with Crippen molar-refractivity contribution in [2.75, 3.05) is 12.3 Å². The van der Waals surface area contributed by atoms with Crippen LogP contribution >= 0.6 is 0 Å². The van der Waals surface area contributed by atoms with Gasteiger partial charge in [-0.2, -0.15) is 4.98 Å². The molecule has 1 aromatic carbocycles. The highest BCUT2D eigenvalue weighted by atomic mass is 32.2. The van der Waals surface area contributed by atoms with E-state index in [0.717, 1.165) is 12.0 Å². The minimum absolute atomic E-state index is 0.155. The lowest BCUT2D eigenvalue weighted by molar-refractivity contribution is 0.379. The second-order valence-electron chi connectivity index (χ2n) is 4.69. The van der Waals surface area contributed by atoms with Crippen LogP contribution in [0.15, 0.2) is 34.9 Å². The van der Waals surface area contributed by atoms with E-state index >= 15 is 0 Å². The molecule has 0 fully saturated rings. The van der Waals surface area contributed by atoms with Crippen LogP contribution in [0.5, 0.6) is 0 Å². The number of nitrogens with zero attached hydrogens (tertiary/aromatic N) is 2. The molecule has 2 rings (SSSR count). The van der Waals surface area contributed by atoms with E-state index in [9.17, 15) is 8.42 Å². The van der Waals surface area contributed by atoms with Gasteiger partial charge in [0, 0.05) is 18.5 Å². The number of rotatable bonds is 8. The summed E-state index contributed by atoms with van der Waals surface area (Å²) >= 11 is 0.